The standard InChI is InChI=1S/C28H22N4O/c1-33-27-4-2-3-18(12-27)11-19-13-26-16-24-8-7-22(30-24)14-20-5-6-21(29-20)15-23-9-10-25(31-23)17-28(19)32-26/h2-10,12-17,30,32H,11H2,1H3. The minimum atomic E-state index is 0.788. The van der Waals surface area contributed by atoms with Crippen LogP contribution in [0.3, 0.4) is 0 Å². The van der Waals surface area contributed by atoms with E-state index in [1.165, 1.54) is 11.1 Å². The molecule has 3 aromatic heterocycles. The van der Waals surface area contributed by atoms with E-state index in [0.717, 1.165) is 57.0 Å². The van der Waals surface area contributed by atoms with Gasteiger partial charge in [-0.15, -0.1) is 0 Å². The van der Waals surface area contributed by atoms with E-state index in [2.05, 4.69) is 57.4 Å². The summed E-state index contributed by atoms with van der Waals surface area (Å²) >= 11 is 0. The maximum Gasteiger partial charge on any atom is 0.119 e. The Morgan fingerprint density at radius 3 is 2.12 bits per heavy atom. The van der Waals surface area contributed by atoms with Crippen molar-refractivity contribution in [3.05, 3.63) is 101 Å². The first kappa shape index (κ1) is 19.3. The lowest BCUT2D eigenvalue weighted by Crippen LogP contribution is -1.89. The van der Waals surface area contributed by atoms with Crippen molar-refractivity contribution in [1.82, 2.24) is 19.9 Å². The zero-order valence-electron chi connectivity index (χ0n) is 18.2. The Morgan fingerprint density at radius 1 is 0.667 bits per heavy atom. The minimum Gasteiger partial charge on any atom is -0.497 e. The predicted molar refractivity (Wildman–Crippen MR) is 135 cm³/mol. The minimum absolute atomic E-state index is 0.788. The number of nitrogens with one attached hydrogen (secondary N) is 2. The molecule has 2 aliphatic rings. The molecule has 0 saturated heterocycles. The van der Waals surface area contributed by atoms with Crippen molar-refractivity contribution < 1.29 is 4.74 Å². The molecule has 5 heteroatoms. The highest BCUT2D eigenvalue weighted by Crippen LogP contribution is 2.23. The molecule has 0 atom stereocenters. The van der Waals surface area contributed by atoms with Crippen LogP contribution < -0.4 is 4.74 Å². The van der Waals surface area contributed by atoms with Crippen LogP contribution in [0.1, 0.15) is 33.9 Å². The third-order valence-electron chi connectivity index (χ3n) is 5.78. The van der Waals surface area contributed by atoms with Crippen molar-refractivity contribution in [2.75, 3.05) is 7.11 Å². The monoisotopic (exact) mass is 430 g/mol. The van der Waals surface area contributed by atoms with E-state index >= 15 is 0 Å². The Morgan fingerprint density at radius 2 is 1.36 bits per heavy atom. The molecule has 2 aliphatic heterocycles. The first-order chi connectivity index (χ1) is 16.2. The number of methoxy groups -OCH3 is 1. The number of H-pyrrole nitrogens is 2. The average molecular weight is 431 g/mol. The molecule has 5 nitrogen and oxygen atoms in total. The molecule has 33 heavy (non-hydrogen) atoms. The van der Waals surface area contributed by atoms with E-state index in [1.807, 2.05) is 48.6 Å². The van der Waals surface area contributed by atoms with Gasteiger partial charge in [0.05, 0.1) is 29.9 Å². The highest BCUT2D eigenvalue weighted by Gasteiger charge is 2.07. The summed E-state index contributed by atoms with van der Waals surface area (Å²) in [5.41, 5.74) is 10.1. The normalized spacial score (nSPS) is 12.3. The number of rotatable bonds is 3. The summed E-state index contributed by atoms with van der Waals surface area (Å²) in [5, 5.41) is 0. The maximum atomic E-state index is 5.41. The predicted octanol–water partition coefficient (Wildman–Crippen LogP) is 6.26. The number of aromatic amines is 2. The van der Waals surface area contributed by atoms with Gasteiger partial charge in [0.25, 0.3) is 0 Å². The van der Waals surface area contributed by atoms with Gasteiger partial charge in [0, 0.05) is 22.1 Å². The van der Waals surface area contributed by atoms with Gasteiger partial charge in [-0.05, 0) is 96.4 Å². The second-order valence-electron chi connectivity index (χ2n) is 8.23. The van der Waals surface area contributed by atoms with E-state index in [9.17, 15) is 0 Å². The molecule has 0 fully saturated rings. The quantitative estimate of drug-likeness (QED) is 0.348. The molecule has 8 bridgehead atoms. The molecule has 5 heterocycles. The molecule has 1 aromatic carbocycles. The van der Waals surface area contributed by atoms with Crippen molar-refractivity contribution in [1.29, 1.82) is 0 Å². The lowest BCUT2D eigenvalue weighted by Gasteiger charge is -2.03. The average Bonchev–Trinajstić information content (AvgIpc) is 3.60. The van der Waals surface area contributed by atoms with Crippen LogP contribution in [0, 0.1) is 0 Å². The van der Waals surface area contributed by atoms with E-state index in [1.54, 1.807) is 7.11 Å². The summed E-state index contributed by atoms with van der Waals surface area (Å²) in [7, 11) is 1.70. The molecule has 0 amide bonds. The number of hydrogen-bond donors (Lipinski definition) is 2. The Kier molecular flexibility index (Phi) is 4.65. The molecule has 0 aliphatic carbocycles. The van der Waals surface area contributed by atoms with Gasteiger partial charge in [-0.1, -0.05) is 12.1 Å². The fraction of sp³-hybridized carbons (Fsp3) is 0.0714. The van der Waals surface area contributed by atoms with Crippen molar-refractivity contribution >= 4 is 46.4 Å². The Labute approximate surface area is 191 Å². The maximum absolute atomic E-state index is 5.41. The van der Waals surface area contributed by atoms with Crippen molar-refractivity contribution in [2.45, 2.75) is 6.42 Å². The van der Waals surface area contributed by atoms with Gasteiger partial charge in [0.1, 0.15) is 5.75 Å². The van der Waals surface area contributed by atoms with Gasteiger partial charge in [-0.3, -0.25) is 0 Å². The van der Waals surface area contributed by atoms with Crippen LogP contribution in [0.2, 0.25) is 0 Å². The van der Waals surface area contributed by atoms with Gasteiger partial charge in [-0.2, -0.15) is 0 Å². The van der Waals surface area contributed by atoms with Crippen LogP contribution in [0.15, 0.2) is 66.7 Å². The second-order valence-corrected chi connectivity index (χ2v) is 8.23. The summed E-state index contributed by atoms with van der Waals surface area (Å²) in [6.45, 7) is 0. The molecule has 4 aromatic rings. The van der Waals surface area contributed by atoms with Crippen LogP contribution >= 0.6 is 0 Å². The largest absolute Gasteiger partial charge is 0.497 e. The molecular formula is C28H22N4O. The SMILES string of the molecule is COc1cccc(Cc2cc3cc4ccc(cc5nc(cc6nc(cc2[nH]3)C=C6)C=C5)[nH]4)c1. The summed E-state index contributed by atoms with van der Waals surface area (Å²) < 4.78 is 5.41. The molecule has 2 N–H and O–H groups in total. The van der Waals surface area contributed by atoms with E-state index in [0.29, 0.717) is 0 Å². The number of fused-ring (bicyclic) bond motifs is 8. The Balaban J connectivity index is 1.57. The van der Waals surface area contributed by atoms with E-state index in [-0.39, 0.29) is 0 Å². The zero-order chi connectivity index (χ0) is 22.2. The third-order valence-corrected chi connectivity index (χ3v) is 5.78. The first-order valence-corrected chi connectivity index (χ1v) is 10.9. The summed E-state index contributed by atoms with van der Waals surface area (Å²) in [5.74, 6) is 0.864. The smallest absolute Gasteiger partial charge is 0.119 e. The fourth-order valence-electron chi connectivity index (χ4n) is 4.23. The van der Waals surface area contributed by atoms with Crippen LogP contribution in [0.4, 0.5) is 0 Å². The molecule has 0 radical (unpaired) electrons. The van der Waals surface area contributed by atoms with Gasteiger partial charge in [0.15, 0.2) is 0 Å². The molecule has 160 valence electrons. The van der Waals surface area contributed by atoms with Crippen molar-refractivity contribution in [3.8, 4) is 5.75 Å². The summed E-state index contributed by atoms with van der Waals surface area (Å²) in [4.78, 5) is 16.5. The Hall–Kier alpha value is -4.38. The number of aromatic nitrogens is 4. The highest BCUT2D eigenvalue weighted by atomic mass is 16.5. The first-order valence-electron chi connectivity index (χ1n) is 10.9. The van der Waals surface area contributed by atoms with Crippen molar-refractivity contribution in [2.24, 2.45) is 0 Å². The Bertz CT molecular complexity index is 1590. The number of hydrogen-bond acceptors (Lipinski definition) is 3. The topological polar surface area (TPSA) is 66.6 Å². The van der Waals surface area contributed by atoms with Crippen LogP contribution in [0.5, 0.6) is 5.75 Å². The van der Waals surface area contributed by atoms with E-state index in [4.69, 9.17) is 9.72 Å². The zero-order valence-corrected chi connectivity index (χ0v) is 18.2. The van der Waals surface area contributed by atoms with Crippen LogP contribution in [-0.2, 0) is 6.42 Å². The molecule has 0 spiro atoms. The fourth-order valence-corrected chi connectivity index (χ4v) is 4.23. The lowest BCUT2D eigenvalue weighted by atomic mass is 10.1. The van der Waals surface area contributed by atoms with Crippen molar-refractivity contribution in [3.63, 3.8) is 0 Å². The summed E-state index contributed by atoms with van der Waals surface area (Å²) in [6.07, 6.45) is 8.89. The molecular weight excluding hydrogens is 408 g/mol. The molecule has 0 unspecified atom stereocenters. The number of ether oxygens (including phenoxy) is 1. The molecule has 0 saturated carbocycles. The molecule has 6 rings (SSSR count). The van der Waals surface area contributed by atoms with Gasteiger partial charge < -0.3 is 14.7 Å². The van der Waals surface area contributed by atoms with E-state index < -0.39 is 0 Å². The highest BCUT2D eigenvalue weighted by molar-refractivity contribution is 5.78. The van der Waals surface area contributed by atoms with Crippen LogP contribution in [-0.4, -0.2) is 27.0 Å². The van der Waals surface area contributed by atoms with Gasteiger partial charge in [-0.25, -0.2) is 9.97 Å². The second kappa shape index (κ2) is 7.95. The van der Waals surface area contributed by atoms with Gasteiger partial charge >= 0.3 is 0 Å². The summed E-state index contributed by atoms with van der Waals surface area (Å²) in [6, 6.07) is 22.8. The lowest BCUT2D eigenvalue weighted by molar-refractivity contribution is 0.414. The number of benzene rings is 1. The van der Waals surface area contributed by atoms with Crippen LogP contribution in [0.25, 0.3) is 46.4 Å². The van der Waals surface area contributed by atoms with Gasteiger partial charge in [0.2, 0.25) is 0 Å². The third kappa shape index (κ3) is 4.08. The number of nitrogens with zero attached hydrogens (tertiary/aromatic N) is 2.